The Morgan fingerprint density at radius 1 is 0.0943 bits per heavy atom. The molecular weight excluding hydrogens is 1270 g/mol. The average molecular weight is 1340 g/mol. The molecule has 0 aliphatic heterocycles. The molecule has 22 rings (SSSR count). The van der Waals surface area contributed by atoms with E-state index in [2.05, 4.69) is 400 Å². The maximum absolute atomic E-state index is 2.32. The third kappa shape index (κ3) is 10.3. The Kier molecular flexibility index (Phi) is 14.4. The zero-order chi connectivity index (χ0) is 69.8. The molecule has 0 aliphatic rings. The number of fused-ring (bicyclic) bond motifs is 1. The summed E-state index contributed by atoms with van der Waals surface area (Å²) in [6, 6.07) is 148. The monoisotopic (exact) mass is 1340 g/mol. The Balaban J connectivity index is 0.000000144. The van der Waals surface area contributed by atoms with Crippen molar-refractivity contribution < 1.29 is 0 Å². The lowest BCUT2D eigenvalue weighted by Crippen LogP contribution is -1.90. The normalized spacial score (nSPS) is 11.8. The summed E-state index contributed by atoms with van der Waals surface area (Å²) < 4.78 is 0. The topological polar surface area (TPSA) is 0 Å². The Hall–Kier alpha value is -13.8. The third-order valence-electron chi connectivity index (χ3n) is 22.7. The first-order chi connectivity index (χ1) is 52.5. The van der Waals surface area contributed by atoms with E-state index in [0.29, 0.717) is 0 Å². The second-order valence-corrected chi connectivity index (χ2v) is 28.5. The molecule has 106 heavy (non-hydrogen) atoms. The maximum Gasteiger partial charge on any atom is -0.00203 e. The van der Waals surface area contributed by atoms with Crippen molar-refractivity contribution in [2.45, 2.75) is 0 Å². The molecule has 0 atom stereocenters. The van der Waals surface area contributed by atoms with Crippen LogP contribution < -0.4 is 0 Å². The van der Waals surface area contributed by atoms with Gasteiger partial charge in [-0.25, -0.2) is 0 Å². The minimum absolute atomic E-state index is 1.21. The van der Waals surface area contributed by atoms with Crippen LogP contribution in [0.15, 0.2) is 400 Å². The lowest BCUT2D eigenvalue weighted by molar-refractivity contribution is 1.58. The third-order valence-corrected chi connectivity index (χ3v) is 22.7. The Bertz CT molecular complexity index is 6840. The van der Waals surface area contributed by atoms with E-state index in [9.17, 15) is 0 Å². The number of rotatable bonds is 10. The van der Waals surface area contributed by atoms with Crippen molar-refractivity contribution >= 4 is 108 Å². The summed E-state index contributed by atoms with van der Waals surface area (Å²) in [5.74, 6) is 0. The summed E-state index contributed by atoms with van der Waals surface area (Å²) in [5, 5.41) is 26.2. The number of hydrogen-bond acceptors (Lipinski definition) is 0. The summed E-state index contributed by atoms with van der Waals surface area (Å²) in [5.41, 5.74) is 24.8. The van der Waals surface area contributed by atoms with Crippen LogP contribution in [0, 0.1) is 0 Å². The number of benzene rings is 22. The van der Waals surface area contributed by atoms with Crippen LogP contribution in [-0.2, 0) is 0 Å². The van der Waals surface area contributed by atoms with E-state index >= 15 is 0 Å². The fraction of sp³-hybridized carbons (Fsp3) is 0. The van der Waals surface area contributed by atoms with Gasteiger partial charge < -0.3 is 0 Å². The molecule has 0 saturated carbocycles. The minimum Gasteiger partial charge on any atom is -0.0622 e. The van der Waals surface area contributed by atoms with Crippen LogP contribution >= 0.6 is 0 Å². The molecule has 0 aromatic heterocycles. The lowest BCUT2D eigenvalue weighted by Gasteiger charge is -2.17. The molecule has 0 amide bonds. The van der Waals surface area contributed by atoms with Crippen LogP contribution in [0.2, 0.25) is 0 Å². The lowest BCUT2D eigenvalue weighted by atomic mass is 9.87. The van der Waals surface area contributed by atoms with Crippen molar-refractivity contribution in [3.63, 3.8) is 0 Å². The van der Waals surface area contributed by atoms with Crippen molar-refractivity contribution in [2.75, 3.05) is 0 Å². The highest BCUT2D eigenvalue weighted by Gasteiger charge is 2.20. The summed E-state index contributed by atoms with van der Waals surface area (Å²) in [4.78, 5) is 0. The predicted octanol–water partition coefficient (Wildman–Crippen LogP) is 29.9. The van der Waals surface area contributed by atoms with Crippen LogP contribution in [-0.4, -0.2) is 0 Å². The van der Waals surface area contributed by atoms with Gasteiger partial charge in [0.25, 0.3) is 0 Å². The van der Waals surface area contributed by atoms with Gasteiger partial charge in [-0.2, -0.15) is 0 Å². The van der Waals surface area contributed by atoms with Crippen LogP contribution in [0.3, 0.4) is 0 Å². The quantitative estimate of drug-likeness (QED) is 0.120. The first-order valence-corrected chi connectivity index (χ1v) is 36.8. The molecule has 22 aromatic carbocycles. The summed E-state index contributed by atoms with van der Waals surface area (Å²) in [7, 11) is 0. The molecule has 0 bridgehead atoms. The molecule has 0 saturated heterocycles. The standard InChI is InChI=1S/C62H38.C44H28/c1-3-8-41(9-4-1)51-30-22-45-28-36-57-53(32-24-47-26-34-55(51)59(45)61(47)57)43-18-14-39(15-19-43)49-12-7-13-50(38-49)40-16-20-44(21-17-40)54-33-25-48-27-35-56-52(42-10-5-2-6-11-42)31-23-46-29-37-58(54)62(48)60(46)56;1-2-12-39-31(6-1)7-5-13-40(39)32-18-14-29(15-19-32)37-10-4-11-38(28-37)30-16-20-33(21-17-30)41-26-24-36-23-22-34-8-3-9-35-25-27-42(41)44(36)43(34)35/h1-38H;1-28H. The van der Waals surface area contributed by atoms with Crippen molar-refractivity contribution in [2.24, 2.45) is 0 Å². The SMILES string of the molecule is c1cc(-c2ccc(-c3cccc4ccccc34)cc2)cc(-c2ccc(-c3ccc4ccc5cccc6ccc3c4c56)cc2)c1.c1ccc(-c2ccc3ccc4c(-c5ccc(-c6cccc(-c7ccc(-c8ccc9ccc%10c(-c%11ccccc%11)ccc%11ccc8c9c%11%10)cc7)c6)cc5)ccc5ccc2c3c54)cc1. The molecule has 0 unspecified atom stereocenters. The molecule has 0 heterocycles. The smallest absolute Gasteiger partial charge is 0.00203 e. The molecule has 22 aromatic rings. The minimum atomic E-state index is 1.21. The van der Waals surface area contributed by atoms with E-state index in [1.54, 1.807) is 0 Å². The van der Waals surface area contributed by atoms with E-state index in [4.69, 9.17) is 0 Å². The van der Waals surface area contributed by atoms with E-state index in [1.165, 1.54) is 219 Å². The highest BCUT2D eigenvalue weighted by molar-refractivity contribution is 6.30. The zero-order valence-electron chi connectivity index (χ0n) is 58.1. The average Bonchev–Trinajstić information content (AvgIpc) is 0.735. The van der Waals surface area contributed by atoms with Gasteiger partial charge in [-0.15, -0.1) is 0 Å². The molecule has 0 N–H and O–H groups in total. The van der Waals surface area contributed by atoms with Gasteiger partial charge in [0.2, 0.25) is 0 Å². The molecule has 0 spiro atoms. The van der Waals surface area contributed by atoms with Gasteiger partial charge in [0.1, 0.15) is 0 Å². The van der Waals surface area contributed by atoms with Crippen molar-refractivity contribution in [1.29, 1.82) is 0 Å². The Morgan fingerprint density at radius 3 is 0.642 bits per heavy atom. The van der Waals surface area contributed by atoms with Crippen LogP contribution in [0.1, 0.15) is 0 Å². The van der Waals surface area contributed by atoms with Crippen LogP contribution in [0.4, 0.5) is 0 Å². The second kappa shape index (κ2) is 25.0. The number of hydrogen-bond donors (Lipinski definition) is 0. The van der Waals surface area contributed by atoms with Gasteiger partial charge in [0.05, 0.1) is 0 Å². The van der Waals surface area contributed by atoms with Crippen molar-refractivity contribution in [3.05, 3.63) is 400 Å². The van der Waals surface area contributed by atoms with E-state index in [-0.39, 0.29) is 0 Å². The fourth-order valence-electron chi connectivity index (χ4n) is 17.4. The van der Waals surface area contributed by atoms with Crippen LogP contribution in [0.5, 0.6) is 0 Å². The summed E-state index contributed by atoms with van der Waals surface area (Å²) in [6.07, 6.45) is 0. The van der Waals surface area contributed by atoms with Crippen LogP contribution in [0.25, 0.3) is 219 Å². The molecule has 0 heteroatoms. The van der Waals surface area contributed by atoms with Crippen molar-refractivity contribution in [3.8, 4) is 111 Å². The van der Waals surface area contributed by atoms with Gasteiger partial charge in [0.15, 0.2) is 0 Å². The molecule has 0 aliphatic carbocycles. The van der Waals surface area contributed by atoms with Gasteiger partial charge >= 0.3 is 0 Å². The molecule has 490 valence electrons. The van der Waals surface area contributed by atoms with Crippen molar-refractivity contribution in [1.82, 2.24) is 0 Å². The fourth-order valence-corrected chi connectivity index (χ4v) is 17.4. The highest BCUT2D eigenvalue weighted by Crippen LogP contribution is 2.47. The van der Waals surface area contributed by atoms with Gasteiger partial charge in [-0.05, 0) is 231 Å². The Morgan fingerprint density at radius 2 is 0.302 bits per heavy atom. The highest BCUT2D eigenvalue weighted by atomic mass is 14.2. The molecular formula is C106H66. The molecule has 0 nitrogen and oxygen atoms in total. The molecule has 0 radical (unpaired) electrons. The first kappa shape index (κ1) is 60.9. The summed E-state index contributed by atoms with van der Waals surface area (Å²) >= 11 is 0. The van der Waals surface area contributed by atoms with E-state index < -0.39 is 0 Å². The summed E-state index contributed by atoms with van der Waals surface area (Å²) in [6.45, 7) is 0. The van der Waals surface area contributed by atoms with Gasteiger partial charge in [-0.1, -0.05) is 388 Å². The largest absolute Gasteiger partial charge is 0.0622 e. The predicted molar refractivity (Wildman–Crippen MR) is 456 cm³/mol. The first-order valence-electron chi connectivity index (χ1n) is 36.8. The Labute approximate surface area is 615 Å². The zero-order valence-corrected chi connectivity index (χ0v) is 58.1. The maximum atomic E-state index is 2.32. The van der Waals surface area contributed by atoms with E-state index in [1.807, 2.05) is 0 Å². The van der Waals surface area contributed by atoms with Gasteiger partial charge in [-0.3, -0.25) is 0 Å². The second-order valence-electron chi connectivity index (χ2n) is 28.5. The van der Waals surface area contributed by atoms with Gasteiger partial charge in [0, 0.05) is 0 Å². The molecule has 0 fully saturated rings. The van der Waals surface area contributed by atoms with E-state index in [0.717, 1.165) is 0 Å².